The number of nitrogen functional groups attached to an aromatic ring is 1. The largest absolute Gasteiger partial charge is 0.382 e. The van der Waals surface area contributed by atoms with Gasteiger partial charge in [0.05, 0.1) is 5.56 Å². The predicted octanol–water partition coefficient (Wildman–Crippen LogP) is -0.0119. The van der Waals surface area contributed by atoms with E-state index in [0.29, 0.717) is 16.7 Å². The third-order valence-corrected chi connectivity index (χ3v) is 3.64. The number of aryl methyl sites for hydroxylation is 1. The minimum atomic E-state index is -0.323. The first-order chi connectivity index (χ1) is 10.2. The van der Waals surface area contributed by atoms with E-state index < -0.39 is 0 Å². The van der Waals surface area contributed by atoms with E-state index in [0.717, 1.165) is 16.5 Å². The monoisotopic (exact) mass is 277 g/mol. The van der Waals surface area contributed by atoms with Gasteiger partial charge in [-0.2, -0.15) is 0 Å². The Kier molecular flexibility index (Phi) is 2.44. The lowest BCUT2D eigenvalue weighted by atomic mass is 10.1. The molecule has 1 aliphatic rings. The fraction of sp³-hybridized carbons (Fsp3) is 0.133. The fourth-order valence-corrected chi connectivity index (χ4v) is 2.69. The summed E-state index contributed by atoms with van der Waals surface area (Å²) in [5.41, 5.74) is 8.55. The third-order valence-electron chi connectivity index (χ3n) is 3.64. The molecule has 0 fully saturated rings. The van der Waals surface area contributed by atoms with Crippen LogP contribution in [-0.4, -0.2) is 9.97 Å². The Labute approximate surface area is 120 Å². The normalized spacial score (nSPS) is 16.3. The average molecular weight is 277 g/mol. The van der Waals surface area contributed by atoms with Crippen molar-refractivity contribution < 1.29 is 4.57 Å². The Morgan fingerprint density at radius 2 is 1.95 bits per heavy atom. The average Bonchev–Trinajstić information content (AvgIpc) is 2.92. The molecule has 0 saturated carbocycles. The van der Waals surface area contributed by atoms with Crippen molar-refractivity contribution in [3.05, 3.63) is 59.3 Å². The minimum Gasteiger partial charge on any atom is -0.382 e. The van der Waals surface area contributed by atoms with E-state index in [9.17, 15) is 0 Å². The molecule has 0 saturated heterocycles. The molecule has 0 spiro atoms. The van der Waals surface area contributed by atoms with Crippen LogP contribution in [0.1, 0.15) is 11.7 Å². The van der Waals surface area contributed by atoms with Crippen molar-refractivity contribution in [2.45, 2.75) is 6.17 Å². The molecule has 1 aromatic carbocycles. The van der Waals surface area contributed by atoms with E-state index in [1.165, 1.54) is 6.33 Å². The van der Waals surface area contributed by atoms with Gasteiger partial charge in [0.15, 0.2) is 23.7 Å². The molecule has 102 valence electrons. The van der Waals surface area contributed by atoms with Crippen LogP contribution in [0, 0.1) is 0 Å². The number of para-hydroxylation sites is 1. The number of nitrogens with zero attached hydrogens (tertiary/aromatic N) is 5. The molecule has 0 radical (unpaired) electrons. The van der Waals surface area contributed by atoms with Gasteiger partial charge < -0.3 is 5.73 Å². The number of benzene rings is 1. The Morgan fingerprint density at radius 3 is 2.81 bits per heavy atom. The number of rotatable bonds is 1. The molecule has 3 aromatic rings. The molecule has 0 bridgehead atoms. The topological polar surface area (TPSA) is 80.4 Å². The lowest BCUT2D eigenvalue weighted by Gasteiger charge is -2.06. The molecule has 0 aliphatic carbocycles. The van der Waals surface area contributed by atoms with Crippen LogP contribution >= 0.6 is 0 Å². The summed E-state index contributed by atoms with van der Waals surface area (Å²) in [5, 5.41) is 1.73. The van der Waals surface area contributed by atoms with Crippen molar-refractivity contribution >= 4 is 16.7 Å². The predicted molar refractivity (Wildman–Crippen MR) is 76.6 cm³/mol. The Balaban J connectivity index is 2.00. The molecular formula is C15H13N6+. The Morgan fingerprint density at radius 1 is 1.10 bits per heavy atom. The van der Waals surface area contributed by atoms with Crippen molar-refractivity contribution in [1.29, 1.82) is 0 Å². The summed E-state index contributed by atoms with van der Waals surface area (Å²) >= 11 is 0. The first-order valence-electron chi connectivity index (χ1n) is 6.63. The first-order valence-corrected chi connectivity index (χ1v) is 6.63. The summed E-state index contributed by atoms with van der Waals surface area (Å²) in [6, 6.07) is 10.2. The van der Waals surface area contributed by atoms with Crippen LogP contribution in [-0.2, 0) is 7.05 Å². The maximum Gasteiger partial charge on any atom is 0.219 e. The Bertz CT molecular complexity index is 974. The molecule has 0 amide bonds. The van der Waals surface area contributed by atoms with Crippen LogP contribution < -0.4 is 21.1 Å². The zero-order valence-corrected chi connectivity index (χ0v) is 11.4. The van der Waals surface area contributed by atoms with E-state index in [2.05, 4.69) is 36.7 Å². The van der Waals surface area contributed by atoms with Crippen molar-refractivity contribution in [3.63, 3.8) is 0 Å². The standard InChI is InChI=1S/C15H13N6/c1-21-7-3-5-9-4-2-6-10(12(9)21)14-19-11-13(16)17-8-18-15(11)20-14/h2-8,14H,1H3,(H2,16,17,18,20)/q+1/t14-/m0/s1. The maximum absolute atomic E-state index is 5.84. The fourth-order valence-electron chi connectivity index (χ4n) is 2.69. The highest BCUT2D eigenvalue weighted by Gasteiger charge is 2.21. The molecule has 4 rings (SSSR count). The van der Waals surface area contributed by atoms with Gasteiger partial charge in [-0.1, -0.05) is 6.07 Å². The Hall–Kier alpha value is -2.89. The lowest BCUT2D eigenvalue weighted by Crippen LogP contribution is -2.29. The second kappa shape index (κ2) is 4.31. The first kappa shape index (κ1) is 11.9. The van der Waals surface area contributed by atoms with Crippen molar-refractivity contribution in [1.82, 2.24) is 9.97 Å². The lowest BCUT2D eigenvalue weighted by molar-refractivity contribution is -0.645. The summed E-state index contributed by atoms with van der Waals surface area (Å²) in [6.07, 6.45) is 3.11. The summed E-state index contributed by atoms with van der Waals surface area (Å²) in [4.78, 5) is 17.3. The van der Waals surface area contributed by atoms with Crippen LogP contribution in [0.3, 0.4) is 0 Å². The molecule has 6 heteroatoms. The van der Waals surface area contributed by atoms with Crippen molar-refractivity contribution in [3.8, 4) is 0 Å². The zero-order valence-electron chi connectivity index (χ0n) is 11.4. The van der Waals surface area contributed by atoms with Gasteiger partial charge in [-0.15, -0.1) is 0 Å². The minimum absolute atomic E-state index is 0.323. The van der Waals surface area contributed by atoms with Crippen molar-refractivity contribution in [2.24, 2.45) is 17.0 Å². The van der Waals surface area contributed by atoms with Crippen molar-refractivity contribution in [2.75, 3.05) is 5.73 Å². The molecular weight excluding hydrogens is 264 g/mol. The van der Waals surface area contributed by atoms with Gasteiger partial charge in [-0.05, 0) is 18.2 Å². The third kappa shape index (κ3) is 1.76. The zero-order chi connectivity index (χ0) is 14.4. The number of hydrogen-bond donors (Lipinski definition) is 1. The van der Waals surface area contributed by atoms with Gasteiger partial charge in [0.2, 0.25) is 5.52 Å². The van der Waals surface area contributed by atoms with Gasteiger partial charge >= 0.3 is 0 Å². The molecule has 21 heavy (non-hydrogen) atoms. The van der Waals surface area contributed by atoms with Crippen LogP contribution in [0.5, 0.6) is 0 Å². The van der Waals surface area contributed by atoms with Gasteiger partial charge in [-0.3, -0.25) is 0 Å². The second-order valence-corrected chi connectivity index (χ2v) is 4.97. The summed E-state index contributed by atoms with van der Waals surface area (Å²) < 4.78 is 2.08. The number of aromatic nitrogens is 3. The molecule has 1 aliphatic heterocycles. The van der Waals surface area contributed by atoms with Gasteiger partial charge in [-0.25, -0.2) is 24.5 Å². The van der Waals surface area contributed by atoms with Crippen LogP contribution in [0.25, 0.3) is 10.9 Å². The molecule has 2 aromatic heterocycles. The molecule has 6 nitrogen and oxygen atoms in total. The molecule has 1 atom stereocenters. The quantitative estimate of drug-likeness (QED) is 0.635. The summed E-state index contributed by atoms with van der Waals surface area (Å²) in [7, 11) is 2.02. The highest BCUT2D eigenvalue weighted by Crippen LogP contribution is 2.25. The summed E-state index contributed by atoms with van der Waals surface area (Å²) in [6.45, 7) is 0. The van der Waals surface area contributed by atoms with E-state index in [4.69, 9.17) is 5.73 Å². The number of fused-ring (bicyclic) bond motifs is 2. The summed E-state index contributed by atoms with van der Waals surface area (Å²) in [5.74, 6) is 0.371. The highest BCUT2D eigenvalue weighted by atomic mass is 15.1. The van der Waals surface area contributed by atoms with E-state index >= 15 is 0 Å². The smallest absolute Gasteiger partial charge is 0.219 e. The van der Waals surface area contributed by atoms with Crippen LogP contribution in [0.2, 0.25) is 0 Å². The number of nitrogens with two attached hydrogens (primary N) is 1. The SMILES string of the molecule is C[n+]1cccc2cccc([C@@H]3N=c4ncnc(N)c4=N3)c21. The van der Waals surface area contributed by atoms with E-state index in [1.54, 1.807) is 0 Å². The van der Waals surface area contributed by atoms with Gasteiger partial charge in [0.1, 0.15) is 18.7 Å². The molecule has 2 N–H and O–H groups in total. The maximum atomic E-state index is 5.84. The van der Waals surface area contributed by atoms with Crippen LogP contribution in [0.4, 0.5) is 5.82 Å². The highest BCUT2D eigenvalue weighted by molar-refractivity contribution is 5.79. The van der Waals surface area contributed by atoms with Gasteiger partial charge in [0.25, 0.3) is 0 Å². The van der Waals surface area contributed by atoms with E-state index in [1.807, 2.05) is 31.4 Å². The van der Waals surface area contributed by atoms with Crippen LogP contribution in [0.15, 0.2) is 52.8 Å². The van der Waals surface area contributed by atoms with Gasteiger partial charge in [0, 0.05) is 11.5 Å². The number of anilines is 1. The number of hydrogen-bond acceptors (Lipinski definition) is 5. The van der Waals surface area contributed by atoms with E-state index in [-0.39, 0.29) is 6.17 Å². The molecule has 0 unspecified atom stereocenters. The second-order valence-electron chi connectivity index (χ2n) is 4.97. The molecule has 3 heterocycles. The number of pyridine rings is 1.